The molecule has 0 bridgehead atoms. The third-order valence-electron chi connectivity index (χ3n) is 11.7. The second-order valence-electron chi connectivity index (χ2n) is 16.8. The zero-order valence-electron chi connectivity index (χ0n) is 41.2. The fourth-order valence-electron chi connectivity index (χ4n) is 7.13. The quantitative estimate of drug-likeness (QED) is 0.108. The van der Waals surface area contributed by atoms with Crippen molar-refractivity contribution in [3.63, 3.8) is 0 Å². The Morgan fingerprint density at radius 3 is 0.544 bits per heavy atom. The van der Waals surface area contributed by atoms with Crippen molar-refractivity contribution in [2.45, 2.75) is 83.1 Å². The highest BCUT2D eigenvalue weighted by molar-refractivity contribution is 5.86. The average Bonchev–Trinajstić information content (AvgIpc) is 3.30. The molecule has 0 saturated heterocycles. The van der Waals surface area contributed by atoms with Gasteiger partial charge in [0.1, 0.15) is 23.0 Å². The lowest BCUT2D eigenvalue weighted by molar-refractivity contribution is 0.448. The predicted molar refractivity (Wildman–Crippen MR) is 279 cm³/mol. The summed E-state index contributed by atoms with van der Waals surface area (Å²) < 4.78 is 0. The van der Waals surface area contributed by atoms with Crippen LogP contribution in [0.5, 0.6) is 23.0 Å². The van der Waals surface area contributed by atoms with Gasteiger partial charge in [0.05, 0.1) is 66.9 Å². The Bertz CT molecular complexity index is 2710. The molecule has 0 atom stereocenters. The second kappa shape index (κ2) is 23.5. The number of para-hydroxylation sites is 8. The normalized spacial score (nSPS) is 10.3. The zero-order valence-corrected chi connectivity index (χ0v) is 41.2. The topological polar surface area (TPSA) is 158 Å². The molecule has 10 aromatic rings. The summed E-state index contributed by atoms with van der Waals surface area (Å²) in [6, 6.07) is 40.6. The molecule has 0 aliphatic rings. The fourth-order valence-corrected chi connectivity index (χ4v) is 7.13. The minimum atomic E-state index is 0.104. The van der Waals surface area contributed by atoms with Crippen molar-refractivity contribution in [2.24, 2.45) is 0 Å². The fraction of sp³-hybridized carbons (Fsp3) is 0.207. The first kappa shape index (κ1) is 51.0. The van der Waals surface area contributed by atoms with E-state index < -0.39 is 0 Å². The average molecular weight is 907 g/mol. The lowest BCUT2D eigenvalue weighted by Crippen LogP contribution is -1.98. The van der Waals surface area contributed by atoms with Gasteiger partial charge in [0.15, 0.2) is 0 Å². The van der Waals surface area contributed by atoms with Crippen LogP contribution in [0.4, 0.5) is 0 Å². The monoisotopic (exact) mass is 906 g/mol. The first-order chi connectivity index (χ1) is 32.3. The summed E-state index contributed by atoms with van der Waals surface area (Å²) in [5, 5.41) is 35.3. The molecule has 0 amide bonds. The Morgan fingerprint density at radius 2 is 0.397 bits per heavy atom. The smallest absolute Gasteiger partial charge is 0.119 e. The Hall–Kier alpha value is -7.98. The van der Waals surface area contributed by atoms with Gasteiger partial charge in [-0.1, -0.05) is 48.5 Å². The van der Waals surface area contributed by atoms with Gasteiger partial charge in [-0.25, -0.2) is 19.9 Å². The van der Waals surface area contributed by atoms with Gasteiger partial charge in [-0.2, -0.15) is 0 Å². The Kier molecular flexibility index (Phi) is 17.6. The lowest BCUT2D eigenvalue weighted by Gasteiger charge is -2.15. The summed E-state index contributed by atoms with van der Waals surface area (Å²) in [6.07, 6.45) is 0. The SMILES string of the molecule is Cc1c(C)c(C)c(C)c(C)c1C.Cc1cc(O)cc(O)c1.Cc1cc(O)cc(O)c1.Cc1nc(C)c(C)nc1C.c1ccc2nc3ccccc3nc2c1.c1ccc2nc3ccccc3nc2c1. The number of aromatic hydroxyl groups is 4. The molecule has 7 aromatic carbocycles. The lowest BCUT2D eigenvalue weighted by atomic mass is 9.90. The minimum absolute atomic E-state index is 0.104. The summed E-state index contributed by atoms with van der Waals surface area (Å²) in [5.74, 6) is 0.417. The molecule has 0 fully saturated rings. The van der Waals surface area contributed by atoms with Crippen LogP contribution in [0.2, 0.25) is 0 Å². The number of phenolic OH excluding ortho intramolecular Hbond substituents is 4. The highest BCUT2D eigenvalue weighted by atomic mass is 16.3. The van der Waals surface area contributed by atoms with Gasteiger partial charge in [0.2, 0.25) is 0 Å². The van der Waals surface area contributed by atoms with E-state index in [1.807, 2.05) is 125 Å². The number of fused-ring (bicyclic) bond motifs is 4. The summed E-state index contributed by atoms with van der Waals surface area (Å²) in [6.45, 7) is 24.8. The number of aryl methyl sites for hydroxylation is 6. The Balaban J connectivity index is 0.000000154. The van der Waals surface area contributed by atoms with Gasteiger partial charge in [-0.15, -0.1) is 0 Å². The van der Waals surface area contributed by atoms with Crippen LogP contribution >= 0.6 is 0 Å². The van der Waals surface area contributed by atoms with Crippen LogP contribution in [0, 0.1) is 83.1 Å². The van der Waals surface area contributed by atoms with Crippen molar-refractivity contribution < 1.29 is 20.4 Å². The molecule has 0 unspecified atom stereocenters. The maximum absolute atomic E-state index is 8.83. The van der Waals surface area contributed by atoms with Crippen molar-refractivity contribution in [3.8, 4) is 23.0 Å². The van der Waals surface area contributed by atoms with Gasteiger partial charge in [-0.05, 0) is 200 Å². The van der Waals surface area contributed by atoms with Crippen molar-refractivity contribution in [1.29, 1.82) is 0 Å². The number of benzene rings is 7. The molecule has 10 rings (SSSR count). The molecule has 0 aliphatic carbocycles. The molecule has 348 valence electrons. The van der Waals surface area contributed by atoms with Crippen molar-refractivity contribution >= 4 is 44.1 Å². The molecule has 0 radical (unpaired) electrons. The van der Waals surface area contributed by atoms with E-state index in [1.165, 1.54) is 45.5 Å². The van der Waals surface area contributed by atoms with E-state index >= 15 is 0 Å². The highest BCUT2D eigenvalue weighted by Gasteiger charge is 2.08. The number of phenols is 4. The summed E-state index contributed by atoms with van der Waals surface area (Å²) in [4.78, 5) is 26.7. The van der Waals surface area contributed by atoms with Crippen LogP contribution in [-0.4, -0.2) is 50.3 Å². The van der Waals surface area contributed by atoms with E-state index in [0.717, 1.165) is 78.0 Å². The molecule has 68 heavy (non-hydrogen) atoms. The molecule has 10 nitrogen and oxygen atoms in total. The largest absolute Gasteiger partial charge is 0.508 e. The number of rotatable bonds is 0. The molecular formula is C58H62N6O4. The minimum Gasteiger partial charge on any atom is -0.508 e. The number of hydrogen-bond acceptors (Lipinski definition) is 10. The molecule has 3 heterocycles. The maximum Gasteiger partial charge on any atom is 0.119 e. The van der Waals surface area contributed by atoms with E-state index in [2.05, 4.69) is 71.4 Å². The van der Waals surface area contributed by atoms with E-state index in [4.69, 9.17) is 20.4 Å². The van der Waals surface area contributed by atoms with Crippen LogP contribution in [0.25, 0.3) is 44.1 Å². The first-order valence-electron chi connectivity index (χ1n) is 22.4. The highest BCUT2D eigenvalue weighted by Crippen LogP contribution is 2.25. The van der Waals surface area contributed by atoms with Gasteiger partial charge < -0.3 is 20.4 Å². The van der Waals surface area contributed by atoms with Crippen LogP contribution in [0.15, 0.2) is 133 Å². The molecular weight excluding hydrogens is 845 g/mol. The van der Waals surface area contributed by atoms with Crippen molar-refractivity contribution in [3.05, 3.63) is 201 Å². The maximum atomic E-state index is 8.83. The number of nitrogens with zero attached hydrogens (tertiary/aromatic N) is 6. The Labute approximate surface area is 399 Å². The summed E-state index contributed by atoms with van der Waals surface area (Å²) >= 11 is 0. The van der Waals surface area contributed by atoms with Gasteiger partial charge >= 0.3 is 0 Å². The van der Waals surface area contributed by atoms with Crippen LogP contribution in [0.3, 0.4) is 0 Å². The molecule has 0 spiro atoms. The van der Waals surface area contributed by atoms with E-state index in [-0.39, 0.29) is 23.0 Å². The molecule has 10 heteroatoms. The van der Waals surface area contributed by atoms with Crippen LogP contribution < -0.4 is 0 Å². The number of hydrogen-bond donors (Lipinski definition) is 4. The predicted octanol–water partition coefficient (Wildman–Crippen LogP) is 13.6. The van der Waals surface area contributed by atoms with Crippen molar-refractivity contribution in [1.82, 2.24) is 29.9 Å². The third-order valence-corrected chi connectivity index (χ3v) is 11.7. The van der Waals surface area contributed by atoms with Crippen LogP contribution in [0.1, 0.15) is 67.3 Å². The standard InChI is InChI=1S/2C12H8N2.C12H18.C8H12N2.2C7H8O2/c2*1-2-6-10-9(5-1)13-11-7-3-4-8-12(11)14-10;1-7-8(2)10(4)12(6)11(5)9(7)3;1-5-6(2)10-8(4)7(3)9-5;2*1-5-2-6(8)4-7(9)3-5/h2*1-8H;1-6H3;1-4H3;2*2-4,8-9H,1H3. The molecule has 0 aliphatic heterocycles. The molecule has 3 aromatic heterocycles. The summed E-state index contributed by atoms with van der Waals surface area (Å²) in [5.41, 5.74) is 22.2. The van der Waals surface area contributed by atoms with Gasteiger partial charge in [-0.3, -0.25) is 9.97 Å². The molecule has 4 N–H and O–H groups in total. The van der Waals surface area contributed by atoms with Gasteiger partial charge in [0.25, 0.3) is 0 Å². The summed E-state index contributed by atoms with van der Waals surface area (Å²) in [7, 11) is 0. The van der Waals surface area contributed by atoms with E-state index in [1.54, 1.807) is 38.1 Å². The van der Waals surface area contributed by atoms with E-state index in [0.29, 0.717) is 0 Å². The zero-order chi connectivity index (χ0) is 49.7. The Morgan fingerprint density at radius 1 is 0.235 bits per heavy atom. The van der Waals surface area contributed by atoms with Crippen LogP contribution in [-0.2, 0) is 0 Å². The van der Waals surface area contributed by atoms with E-state index in [9.17, 15) is 0 Å². The van der Waals surface area contributed by atoms with Crippen molar-refractivity contribution in [2.75, 3.05) is 0 Å². The second-order valence-corrected chi connectivity index (χ2v) is 16.8. The molecule has 0 saturated carbocycles. The third kappa shape index (κ3) is 14.0. The first-order valence-corrected chi connectivity index (χ1v) is 22.4. The van der Waals surface area contributed by atoms with Gasteiger partial charge in [0, 0.05) is 12.1 Å². The number of aromatic nitrogens is 6.